The standard InChI is InChI=1S/C18H22N4O3/c23-16-3-1-2-14(16)15-10-25-9-8-22(15)18(24)13-6-4-12(5-7-13)17-19-11-20-21-17/h4-7,11,14-16,23H,1-3,8-10H2,(H,19,20,21). The van der Waals surface area contributed by atoms with Crippen molar-refractivity contribution < 1.29 is 14.6 Å². The molecule has 132 valence electrons. The van der Waals surface area contributed by atoms with Gasteiger partial charge < -0.3 is 14.7 Å². The number of aliphatic hydroxyl groups excluding tert-OH is 1. The van der Waals surface area contributed by atoms with E-state index in [1.807, 2.05) is 29.2 Å². The van der Waals surface area contributed by atoms with Gasteiger partial charge in [-0.25, -0.2) is 4.98 Å². The summed E-state index contributed by atoms with van der Waals surface area (Å²) in [5.74, 6) is 0.784. The van der Waals surface area contributed by atoms with Crippen LogP contribution in [0.3, 0.4) is 0 Å². The van der Waals surface area contributed by atoms with Crippen LogP contribution in [-0.4, -0.2) is 63.0 Å². The second-order valence-electron chi connectivity index (χ2n) is 6.71. The largest absolute Gasteiger partial charge is 0.393 e. The summed E-state index contributed by atoms with van der Waals surface area (Å²) >= 11 is 0. The van der Waals surface area contributed by atoms with Crippen molar-refractivity contribution in [3.63, 3.8) is 0 Å². The summed E-state index contributed by atoms with van der Waals surface area (Å²) in [6.45, 7) is 1.61. The molecule has 1 aromatic carbocycles. The Kier molecular flexibility index (Phi) is 4.50. The Labute approximate surface area is 146 Å². The van der Waals surface area contributed by atoms with Crippen molar-refractivity contribution >= 4 is 5.91 Å². The maximum atomic E-state index is 13.0. The zero-order valence-electron chi connectivity index (χ0n) is 14.0. The number of rotatable bonds is 3. The lowest BCUT2D eigenvalue weighted by atomic mass is 9.93. The van der Waals surface area contributed by atoms with Gasteiger partial charge in [0.05, 0.1) is 25.4 Å². The molecule has 1 saturated heterocycles. The average molecular weight is 342 g/mol. The van der Waals surface area contributed by atoms with E-state index in [0.717, 1.165) is 24.8 Å². The molecule has 0 radical (unpaired) electrons. The second-order valence-corrected chi connectivity index (χ2v) is 6.71. The number of aliphatic hydroxyl groups is 1. The molecule has 4 rings (SSSR count). The van der Waals surface area contributed by atoms with Crippen molar-refractivity contribution in [2.75, 3.05) is 19.8 Å². The van der Waals surface area contributed by atoms with Crippen molar-refractivity contribution in [3.8, 4) is 11.4 Å². The van der Waals surface area contributed by atoms with E-state index in [9.17, 15) is 9.90 Å². The van der Waals surface area contributed by atoms with Crippen molar-refractivity contribution in [1.82, 2.24) is 20.1 Å². The summed E-state index contributed by atoms with van der Waals surface area (Å²) in [4.78, 5) is 19.0. The zero-order chi connectivity index (χ0) is 17.2. The lowest BCUT2D eigenvalue weighted by Crippen LogP contribution is -2.53. The Morgan fingerprint density at radius 1 is 1.28 bits per heavy atom. The molecule has 2 aromatic rings. The van der Waals surface area contributed by atoms with Crippen LogP contribution in [0.15, 0.2) is 30.6 Å². The number of hydrogen-bond acceptors (Lipinski definition) is 5. The van der Waals surface area contributed by atoms with Crippen LogP contribution in [-0.2, 0) is 4.74 Å². The van der Waals surface area contributed by atoms with Gasteiger partial charge in [-0.15, -0.1) is 0 Å². The number of H-pyrrole nitrogens is 1. The molecule has 0 bridgehead atoms. The van der Waals surface area contributed by atoms with Gasteiger partial charge in [-0.3, -0.25) is 9.89 Å². The third kappa shape index (κ3) is 3.17. The van der Waals surface area contributed by atoms with Gasteiger partial charge in [0.2, 0.25) is 0 Å². The van der Waals surface area contributed by atoms with Crippen molar-refractivity contribution in [1.29, 1.82) is 0 Å². The fraction of sp³-hybridized carbons (Fsp3) is 0.500. The molecule has 1 aliphatic carbocycles. The monoisotopic (exact) mass is 342 g/mol. The number of amides is 1. The fourth-order valence-electron chi connectivity index (χ4n) is 3.93. The van der Waals surface area contributed by atoms with E-state index in [-0.39, 0.29) is 24.0 Å². The number of carbonyl (C=O) groups excluding carboxylic acids is 1. The van der Waals surface area contributed by atoms with Crippen molar-refractivity contribution in [2.45, 2.75) is 31.4 Å². The highest BCUT2D eigenvalue weighted by atomic mass is 16.5. The van der Waals surface area contributed by atoms with E-state index in [1.54, 1.807) is 0 Å². The molecule has 1 saturated carbocycles. The molecule has 2 aliphatic rings. The van der Waals surface area contributed by atoms with Gasteiger partial charge in [0.15, 0.2) is 5.82 Å². The summed E-state index contributed by atoms with van der Waals surface area (Å²) < 4.78 is 5.60. The number of aromatic amines is 1. The smallest absolute Gasteiger partial charge is 0.254 e. The molecule has 2 fully saturated rings. The molecule has 7 nitrogen and oxygen atoms in total. The van der Waals surface area contributed by atoms with Crippen LogP contribution in [0.25, 0.3) is 11.4 Å². The lowest BCUT2D eigenvalue weighted by molar-refractivity contribution is -0.0383. The maximum Gasteiger partial charge on any atom is 0.254 e. The van der Waals surface area contributed by atoms with Crippen LogP contribution in [0.2, 0.25) is 0 Å². The molecular formula is C18H22N4O3. The normalized spacial score (nSPS) is 26.8. The number of benzene rings is 1. The van der Waals surface area contributed by atoms with Gasteiger partial charge in [0.25, 0.3) is 5.91 Å². The fourth-order valence-corrected chi connectivity index (χ4v) is 3.93. The first-order chi connectivity index (χ1) is 12.2. The van der Waals surface area contributed by atoms with E-state index >= 15 is 0 Å². The molecule has 7 heteroatoms. The Bertz CT molecular complexity index is 716. The minimum atomic E-state index is -0.337. The number of ether oxygens (including phenoxy) is 1. The first-order valence-electron chi connectivity index (χ1n) is 8.76. The lowest BCUT2D eigenvalue weighted by Gasteiger charge is -2.40. The highest BCUT2D eigenvalue weighted by Crippen LogP contribution is 2.33. The molecule has 3 atom stereocenters. The minimum absolute atomic E-state index is 0.00322. The summed E-state index contributed by atoms with van der Waals surface area (Å²) in [7, 11) is 0. The quantitative estimate of drug-likeness (QED) is 0.881. The molecule has 1 aromatic heterocycles. The second kappa shape index (κ2) is 6.93. The van der Waals surface area contributed by atoms with Gasteiger partial charge in [-0.2, -0.15) is 5.10 Å². The topological polar surface area (TPSA) is 91.3 Å². The Morgan fingerprint density at radius 3 is 2.80 bits per heavy atom. The predicted octanol–water partition coefficient (Wildman–Crippen LogP) is 1.47. The molecular weight excluding hydrogens is 320 g/mol. The van der Waals surface area contributed by atoms with Crippen LogP contribution >= 0.6 is 0 Å². The predicted molar refractivity (Wildman–Crippen MR) is 90.8 cm³/mol. The molecule has 1 aliphatic heterocycles. The SMILES string of the molecule is O=C(c1ccc(-c2ncn[nH]2)cc1)N1CCOCC1C1CCCC1O. The molecule has 0 spiro atoms. The van der Waals surface area contributed by atoms with Crippen LogP contribution in [0.5, 0.6) is 0 Å². The Hall–Kier alpha value is -2.25. The number of hydrogen-bond donors (Lipinski definition) is 2. The van der Waals surface area contributed by atoms with Gasteiger partial charge in [-0.1, -0.05) is 18.6 Å². The van der Waals surface area contributed by atoms with Crippen LogP contribution < -0.4 is 0 Å². The maximum absolute atomic E-state index is 13.0. The molecule has 3 unspecified atom stereocenters. The van der Waals surface area contributed by atoms with Crippen LogP contribution in [0.1, 0.15) is 29.6 Å². The number of nitrogens with zero attached hydrogens (tertiary/aromatic N) is 3. The number of nitrogens with one attached hydrogen (secondary N) is 1. The third-order valence-corrected chi connectivity index (χ3v) is 5.27. The van der Waals surface area contributed by atoms with Crippen LogP contribution in [0, 0.1) is 5.92 Å². The summed E-state index contributed by atoms with van der Waals surface area (Å²) in [6.07, 6.45) is 3.89. The molecule has 2 N–H and O–H groups in total. The molecule has 2 heterocycles. The van der Waals surface area contributed by atoms with E-state index < -0.39 is 0 Å². The first-order valence-corrected chi connectivity index (χ1v) is 8.76. The summed E-state index contributed by atoms with van der Waals surface area (Å²) in [6, 6.07) is 7.32. The van der Waals surface area contributed by atoms with E-state index in [2.05, 4.69) is 15.2 Å². The molecule has 1 amide bonds. The van der Waals surface area contributed by atoms with E-state index in [1.165, 1.54) is 6.33 Å². The third-order valence-electron chi connectivity index (χ3n) is 5.27. The van der Waals surface area contributed by atoms with Gasteiger partial charge >= 0.3 is 0 Å². The van der Waals surface area contributed by atoms with Gasteiger partial charge in [0.1, 0.15) is 6.33 Å². The number of carbonyl (C=O) groups is 1. The Morgan fingerprint density at radius 2 is 2.12 bits per heavy atom. The van der Waals surface area contributed by atoms with Crippen molar-refractivity contribution in [2.24, 2.45) is 5.92 Å². The average Bonchev–Trinajstić information content (AvgIpc) is 3.33. The van der Waals surface area contributed by atoms with Gasteiger partial charge in [-0.05, 0) is 25.0 Å². The summed E-state index contributed by atoms with van der Waals surface area (Å²) in [5.41, 5.74) is 1.53. The van der Waals surface area contributed by atoms with Gasteiger partial charge in [0, 0.05) is 23.6 Å². The number of aromatic nitrogens is 3. The highest BCUT2D eigenvalue weighted by molar-refractivity contribution is 5.95. The highest BCUT2D eigenvalue weighted by Gasteiger charge is 2.39. The van der Waals surface area contributed by atoms with Crippen molar-refractivity contribution in [3.05, 3.63) is 36.2 Å². The first kappa shape index (κ1) is 16.2. The summed E-state index contributed by atoms with van der Waals surface area (Å²) in [5, 5.41) is 16.9. The zero-order valence-corrected chi connectivity index (χ0v) is 14.0. The van der Waals surface area contributed by atoms with Crippen LogP contribution in [0.4, 0.5) is 0 Å². The number of morpholine rings is 1. The van der Waals surface area contributed by atoms with E-state index in [0.29, 0.717) is 31.1 Å². The Balaban J connectivity index is 1.54. The minimum Gasteiger partial charge on any atom is -0.393 e. The molecule has 25 heavy (non-hydrogen) atoms. The van der Waals surface area contributed by atoms with E-state index in [4.69, 9.17) is 4.74 Å².